The zero-order chi connectivity index (χ0) is 16.2. The molecule has 0 aromatic heterocycles. The Labute approximate surface area is 133 Å². The van der Waals surface area contributed by atoms with Crippen LogP contribution in [-0.2, 0) is 19.7 Å². The summed E-state index contributed by atoms with van der Waals surface area (Å²) in [7, 11) is 1.35. The Morgan fingerprint density at radius 1 is 0.864 bits per heavy atom. The third-order valence-electron chi connectivity index (χ3n) is 3.48. The molecule has 0 amide bonds. The van der Waals surface area contributed by atoms with E-state index in [0.29, 0.717) is 6.61 Å². The van der Waals surface area contributed by atoms with Gasteiger partial charge in [-0.25, -0.2) is 8.78 Å². The van der Waals surface area contributed by atoms with Gasteiger partial charge in [0.25, 0.3) is 0 Å². The highest BCUT2D eigenvalue weighted by atomic mass is 28.3. The number of aryl methyl sites for hydroxylation is 1. The summed E-state index contributed by atoms with van der Waals surface area (Å²) >= 11 is 0. The lowest BCUT2D eigenvalue weighted by atomic mass is 10.0. The Hall–Kier alpha value is -0.823. The fraction of sp³-hybridized carbons (Fsp3) is 0.625. The minimum Gasteiger partial charge on any atom is -0.379 e. The second-order valence-corrected chi connectivity index (χ2v) is 7.10. The molecule has 22 heavy (non-hydrogen) atoms. The molecule has 0 bridgehead atoms. The molecule has 0 aliphatic carbocycles. The standard InChI is InChI=1S/C16H26F2O3Si/c1-19-22(20-2)21-12-8-6-4-3-5-7-9-14-10-11-15(17)16(18)13-14/h10-11,13,22H,3-9,12H2,1-2H3. The Balaban J connectivity index is 1.96. The maximum Gasteiger partial charge on any atom is 0.483 e. The SMILES string of the molecule is CO[SiH](OC)OCCCCCCCCc1ccc(F)c(F)c1. The summed E-state index contributed by atoms with van der Waals surface area (Å²) in [6.07, 6.45) is 7.36. The van der Waals surface area contributed by atoms with Crippen LogP contribution in [0.25, 0.3) is 0 Å². The minimum atomic E-state index is -1.86. The van der Waals surface area contributed by atoms with Gasteiger partial charge in [0.05, 0.1) is 0 Å². The molecule has 0 aliphatic rings. The number of benzene rings is 1. The molecule has 0 aliphatic heterocycles. The number of unbranched alkanes of at least 4 members (excludes halogenated alkanes) is 5. The van der Waals surface area contributed by atoms with Gasteiger partial charge in [0.2, 0.25) is 0 Å². The van der Waals surface area contributed by atoms with Crippen molar-refractivity contribution in [2.75, 3.05) is 20.8 Å². The fourth-order valence-electron chi connectivity index (χ4n) is 2.25. The third-order valence-corrected chi connectivity index (χ3v) is 4.76. The van der Waals surface area contributed by atoms with Gasteiger partial charge < -0.3 is 13.3 Å². The van der Waals surface area contributed by atoms with E-state index < -0.39 is 21.2 Å². The average molecular weight is 332 g/mol. The molecule has 0 fully saturated rings. The van der Waals surface area contributed by atoms with Crippen molar-refractivity contribution in [3.63, 3.8) is 0 Å². The van der Waals surface area contributed by atoms with E-state index in [1.165, 1.54) is 12.1 Å². The highest BCUT2D eigenvalue weighted by Gasteiger charge is 2.09. The smallest absolute Gasteiger partial charge is 0.379 e. The van der Waals surface area contributed by atoms with Crippen molar-refractivity contribution in [3.8, 4) is 0 Å². The van der Waals surface area contributed by atoms with Gasteiger partial charge >= 0.3 is 9.53 Å². The van der Waals surface area contributed by atoms with E-state index in [9.17, 15) is 8.78 Å². The van der Waals surface area contributed by atoms with Crippen molar-refractivity contribution in [1.82, 2.24) is 0 Å². The van der Waals surface area contributed by atoms with E-state index in [0.717, 1.165) is 50.5 Å². The molecule has 0 heterocycles. The molecule has 0 spiro atoms. The van der Waals surface area contributed by atoms with Crippen LogP contribution in [0.3, 0.4) is 0 Å². The molecule has 6 heteroatoms. The van der Waals surface area contributed by atoms with Crippen LogP contribution < -0.4 is 0 Å². The minimum absolute atomic E-state index is 0.688. The van der Waals surface area contributed by atoms with Gasteiger partial charge in [-0.05, 0) is 37.0 Å². The first-order valence-corrected chi connectivity index (χ1v) is 9.20. The predicted molar refractivity (Wildman–Crippen MR) is 84.9 cm³/mol. The van der Waals surface area contributed by atoms with Gasteiger partial charge in [0.1, 0.15) is 0 Å². The van der Waals surface area contributed by atoms with Crippen LogP contribution in [0.4, 0.5) is 8.78 Å². The third kappa shape index (κ3) is 7.98. The largest absolute Gasteiger partial charge is 0.483 e. The van der Waals surface area contributed by atoms with E-state index in [1.54, 1.807) is 20.3 Å². The van der Waals surface area contributed by atoms with Crippen LogP contribution in [0.15, 0.2) is 18.2 Å². The average Bonchev–Trinajstić information content (AvgIpc) is 2.53. The zero-order valence-corrected chi connectivity index (χ0v) is 14.6. The van der Waals surface area contributed by atoms with Gasteiger partial charge in [-0.1, -0.05) is 31.7 Å². The Morgan fingerprint density at radius 3 is 2.14 bits per heavy atom. The Bertz CT molecular complexity index is 414. The molecule has 1 aromatic rings. The second-order valence-electron chi connectivity index (χ2n) is 5.25. The Morgan fingerprint density at radius 2 is 1.50 bits per heavy atom. The van der Waals surface area contributed by atoms with Crippen LogP contribution in [0.1, 0.15) is 44.1 Å². The lowest BCUT2D eigenvalue weighted by Crippen LogP contribution is -2.24. The van der Waals surface area contributed by atoms with E-state index in [-0.39, 0.29) is 0 Å². The summed E-state index contributed by atoms with van der Waals surface area (Å²) in [6, 6.07) is 4.14. The van der Waals surface area contributed by atoms with Gasteiger partial charge in [0.15, 0.2) is 11.6 Å². The predicted octanol–water partition coefficient (Wildman–Crippen LogP) is 3.87. The van der Waals surface area contributed by atoms with Crippen molar-refractivity contribution >= 4 is 9.53 Å². The van der Waals surface area contributed by atoms with E-state index >= 15 is 0 Å². The van der Waals surface area contributed by atoms with Crippen LogP contribution in [0, 0.1) is 11.6 Å². The van der Waals surface area contributed by atoms with Crippen LogP contribution in [-0.4, -0.2) is 30.4 Å². The van der Waals surface area contributed by atoms with Crippen molar-refractivity contribution < 1.29 is 22.1 Å². The molecule has 0 saturated carbocycles. The molecule has 0 unspecified atom stereocenters. The molecule has 1 aromatic carbocycles. The number of hydrogen-bond donors (Lipinski definition) is 0. The lowest BCUT2D eigenvalue weighted by Gasteiger charge is -2.11. The molecular weight excluding hydrogens is 306 g/mol. The number of halogens is 2. The zero-order valence-electron chi connectivity index (χ0n) is 13.4. The summed E-state index contributed by atoms with van der Waals surface area (Å²) in [5.74, 6) is -1.54. The van der Waals surface area contributed by atoms with Crippen molar-refractivity contribution in [1.29, 1.82) is 0 Å². The molecule has 0 N–H and O–H groups in total. The summed E-state index contributed by atoms with van der Waals surface area (Å²) in [6.45, 7) is 0.688. The summed E-state index contributed by atoms with van der Waals surface area (Å²) in [5.41, 5.74) is 0.863. The van der Waals surface area contributed by atoms with Gasteiger partial charge in [-0.15, -0.1) is 0 Å². The first-order chi connectivity index (χ1) is 10.7. The molecular formula is C16H26F2O3Si. The first kappa shape index (κ1) is 19.2. The number of hydrogen-bond acceptors (Lipinski definition) is 3. The highest BCUT2D eigenvalue weighted by molar-refractivity contribution is 6.36. The maximum atomic E-state index is 13.0. The molecule has 0 radical (unpaired) electrons. The second kappa shape index (κ2) is 11.7. The monoisotopic (exact) mass is 332 g/mol. The van der Waals surface area contributed by atoms with Crippen molar-refractivity contribution in [2.24, 2.45) is 0 Å². The maximum absolute atomic E-state index is 13.0. The van der Waals surface area contributed by atoms with E-state index in [2.05, 4.69) is 0 Å². The quantitative estimate of drug-likeness (QED) is 0.429. The van der Waals surface area contributed by atoms with Crippen LogP contribution >= 0.6 is 0 Å². The lowest BCUT2D eigenvalue weighted by molar-refractivity contribution is 0.133. The molecule has 3 nitrogen and oxygen atoms in total. The first-order valence-electron chi connectivity index (χ1n) is 7.78. The van der Waals surface area contributed by atoms with Crippen LogP contribution in [0.5, 0.6) is 0 Å². The number of rotatable bonds is 12. The van der Waals surface area contributed by atoms with Gasteiger partial charge in [0, 0.05) is 20.8 Å². The topological polar surface area (TPSA) is 27.7 Å². The molecule has 1 rings (SSSR count). The van der Waals surface area contributed by atoms with E-state index in [1.807, 2.05) is 0 Å². The fourth-order valence-corrected chi connectivity index (χ4v) is 3.07. The summed E-state index contributed by atoms with van der Waals surface area (Å²) < 4.78 is 41.4. The Kier molecular flexibility index (Phi) is 10.2. The summed E-state index contributed by atoms with van der Waals surface area (Å²) in [4.78, 5) is 0. The van der Waals surface area contributed by atoms with E-state index in [4.69, 9.17) is 13.3 Å². The molecule has 0 saturated heterocycles. The molecule has 126 valence electrons. The van der Waals surface area contributed by atoms with Gasteiger partial charge in [-0.2, -0.15) is 0 Å². The van der Waals surface area contributed by atoms with Crippen LogP contribution in [0.2, 0.25) is 0 Å². The van der Waals surface area contributed by atoms with Crippen molar-refractivity contribution in [2.45, 2.75) is 44.9 Å². The summed E-state index contributed by atoms with van der Waals surface area (Å²) in [5, 5.41) is 0. The molecule has 0 atom stereocenters. The highest BCUT2D eigenvalue weighted by Crippen LogP contribution is 2.13. The van der Waals surface area contributed by atoms with Crippen molar-refractivity contribution in [3.05, 3.63) is 35.4 Å². The van der Waals surface area contributed by atoms with Gasteiger partial charge in [-0.3, -0.25) is 0 Å². The normalized spacial score (nSPS) is 11.3.